The van der Waals surface area contributed by atoms with Crippen LogP contribution in [-0.2, 0) is 0 Å². The van der Waals surface area contributed by atoms with Gasteiger partial charge in [-0.2, -0.15) is 0 Å². The second-order valence-electron chi connectivity index (χ2n) is 2.47. The van der Waals surface area contributed by atoms with Gasteiger partial charge >= 0.3 is 0 Å². The molecule has 0 atom stereocenters. The lowest BCUT2D eigenvalue weighted by atomic mass is 10.4. The van der Waals surface area contributed by atoms with E-state index in [1.165, 1.54) is 0 Å². The van der Waals surface area contributed by atoms with E-state index in [9.17, 15) is 0 Å². The van der Waals surface area contributed by atoms with Gasteiger partial charge in [0.05, 0.1) is 5.02 Å². The van der Waals surface area contributed by atoms with Crippen LogP contribution in [0.4, 0.5) is 0 Å². The van der Waals surface area contributed by atoms with Gasteiger partial charge in [0.25, 0.3) is 0 Å². The summed E-state index contributed by atoms with van der Waals surface area (Å²) in [7, 11) is 0. The van der Waals surface area contributed by atoms with E-state index in [0.717, 1.165) is 27.1 Å². The van der Waals surface area contributed by atoms with Crippen molar-refractivity contribution in [2.24, 2.45) is 0 Å². The van der Waals surface area contributed by atoms with Crippen LogP contribution in [0.5, 0.6) is 0 Å². The van der Waals surface area contributed by atoms with Gasteiger partial charge in [-0.3, -0.25) is 0 Å². The minimum atomic E-state index is 0.686. The van der Waals surface area contributed by atoms with E-state index in [1.807, 2.05) is 12.1 Å². The Morgan fingerprint density at radius 3 is 2.69 bits per heavy atom. The molecule has 0 aliphatic heterocycles. The maximum absolute atomic E-state index is 5.96. The second-order valence-corrected chi connectivity index (χ2v) is 4.82. The zero-order valence-electron chi connectivity index (χ0n) is 6.90. The topological polar surface area (TPSA) is 0 Å². The zero-order valence-corrected chi connectivity index (χ0v) is 9.98. The highest BCUT2D eigenvalue weighted by atomic mass is 35.5. The summed E-state index contributed by atoms with van der Waals surface area (Å²) in [5.41, 5.74) is 0. The van der Waals surface area contributed by atoms with E-state index in [1.54, 1.807) is 17.8 Å². The molecule has 0 fully saturated rings. The van der Waals surface area contributed by atoms with Gasteiger partial charge < -0.3 is 0 Å². The van der Waals surface area contributed by atoms with Crippen LogP contribution >= 0.6 is 46.6 Å². The van der Waals surface area contributed by atoms with Crippen molar-refractivity contribution in [1.29, 1.82) is 0 Å². The van der Waals surface area contributed by atoms with Crippen molar-refractivity contribution in [3.63, 3.8) is 0 Å². The maximum Gasteiger partial charge on any atom is 0.0542 e. The summed E-state index contributed by atoms with van der Waals surface area (Å²) >= 11 is 19.0. The highest BCUT2D eigenvalue weighted by Gasteiger charge is 2.01. The van der Waals surface area contributed by atoms with E-state index in [-0.39, 0.29) is 0 Å². The first-order valence-electron chi connectivity index (χ1n) is 3.88. The molecule has 0 radical (unpaired) electrons. The predicted molar refractivity (Wildman–Crippen MR) is 62.5 cm³/mol. The van der Waals surface area contributed by atoms with Gasteiger partial charge in [-0.15, -0.1) is 23.4 Å². The molecule has 0 heterocycles. The van der Waals surface area contributed by atoms with E-state index in [2.05, 4.69) is 0 Å². The molecule has 0 aliphatic rings. The molecule has 0 aromatic heterocycles. The number of thioether (sulfide) groups is 1. The molecule has 0 saturated carbocycles. The Hall–Kier alpha value is 0.440. The lowest BCUT2D eigenvalue weighted by molar-refractivity contribution is 1.11. The summed E-state index contributed by atoms with van der Waals surface area (Å²) < 4.78 is 0. The molecule has 13 heavy (non-hydrogen) atoms. The van der Waals surface area contributed by atoms with Gasteiger partial charge in [0.1, 0.15) is 0 Å². The van der Waals surface area contributed by atoms with Crippen molar-refractivity contribution < 1.29 is 0 Å². The van der Waals surface area contributed by atoms with Gasteiger partial charge in [0.2, 0.25) is 0 Å². The fourth-order valence-corrected chi connectivity index (χ4v) is 2.56. The first kappa shape index (κ1) is 11.5. The number of hydrogen-bond donors (Lipinski definition) is 0. The highest BCUT2D eigenvalue weighted by molar-refractivity contribution is 7.99. The molecule has 1 rings (SSSR count). The number of halogens is 3. The van der Waals surface area contributed by atoms with E-state index < -0.39 is 0 Å². The summed E-state index contributed by atoms with van der Waals surface area (Å²) in [5, 5.41) is 1.47. The molecule has 72 valence electrons. The minimum Gasteiger partial charge on any atom is -0.127 e. The molecule has 0 N–H and O–H groups in total. The van der Waals surface area contributed by atoms with Gasteiger partial charge in [-0.25, -0.2) is 0 Å². The van der Waals surface area contributed by atoms with Gasteiger partial charge in [-0.05, 0) is 30.4 Å². The van der Waals surface area contributed by atoms with E-state index >= 15 is 0 Å². The fraction of sp³-hybridized carbons (Fsp3) is 0.333. The van der Waals surface area contributed by atoms with Crippen LogP contribution in [0.3, 0.4) is 0 Å². The van der Waals surface area contributed by atoms with Gasteiger partial charge in [-0.1, -0.05) is 23.2 Å². The van der Waals surface area contributed by atoms with Crippen molar-refractivity contribution in [1.82, 2.24) is 0 Å². The lowest BCUT2D eigenvalue weighted by Crippen LogP contribution is -1.81. The quantitative estimate of drug-likeness (QED) is 0.426. The van der Waals surface area contributed by atoms with Crippen molar-refractivity contribution in [2.45, 2.75) is 11.3 Å². The standard InChI is InChI=1S/C9H9Cl3S/c10-4-1-5-13-9-6-7(11)2-3-8(9)12/h2-3,6H,1,4-5H2. The smallest absolute Gasteiger partial charge is 0.0542 e. The minimum absolute atomic E-state index is 0.686. The lowest BCUT2D eigenvalue weighted by Gasteiger charge is -2.03. The monoisotopic (exact) mass is 254 g/mol. The van der Waals surface area contributed by atoms with Crippen molar-refractivity contribution >= 4 is 46.6 Å². The van der Waals surface area contributed by atoms with Crippen LogP contribution < -0.4 is 0 Å². The predicted octanol–water partition coefficient (Wildman–Crippen LogP) is 4.71. The van der Waals surface area contributed by atoms with Crippen molar-refractivity contribution in [3.8, 4) is 0 Å². The third kappa shape index (κ3) is 3.99. The third-order valence-electron chi connectivity index (χ3n) is 1.43. The Labute approximate surface area is 97.6 Å². The molecule has 0 bridgehead atoms. The summed E-state index contributed by atoms with van der Waals surface area (Å²) in [4.78, 5) is 1.03. The van der Waals surface area contributed by atoms with Gasteiger partial charge in [0.15, 0.2) is 0 Å². The van der Waals surface area contributed by atoms with Crippen LogP contribution in [-0.4, -0.2) is 11.6 Å². The Kier molecular flexibility index (Phi) is 5.34. The van der Waals surface area contributed by atoms with Crippen molar-refractivity contribution in [3.05, 3.63) is 28.2 Å². The average molecular weight is 256 g/mol. The summed E-state index contributed by atoms with van der Waals surface area (Å²) in [5.74, 6) is 1.66. The first-order valence-corrected chi connectivity index (χ1v) is 6.15. The van der Waals surface area contributed by atoms with Crippen LogP contribution in [0, 0.1) is 0 Å². The highest BCUT2D eigenvalue weighted by Crippen LogP contribution is 2.30. The number of rotatable bonds is 4. The second kappa shape index (κ2) is 6.02. The number of alkyl halides is 1. The summed E-state index contributed by atoms with van der Waals surface area (Å²) in [6.07, 6.45) is 0.981. The molecule has 4 heteroatoms. The Morgan fingerprint density at radius 1 is 1.23 bits per heavy atom. The number of benzene rings is 1. The average Bonchev–Trinajstić information content (AvgIpc) is 2.11. The number of hydrogen-bond acceptors (Lipinski definition) is 1. The van der Waals surface area contributed by atoms with Gasteiger partial charge in [0, 0.05) is 15.8 Å². The molecule has 0 nitrogen and oxygen atoms in total. The molecule has 0 amide bonds. The van der Waals surface area contributed by atoms with E-state index in [0.29, 0.717) is 5.88 Å². The molecule has 0 saturated heterocycles. The van der Waals surface area contributed by atoms with Crippen LogP contribution in [0.25, 0.3) is 0 Å². The molecule has 0 unspecified atom stereocenters. The fourth-order valence-electron chi connectivity index (χ4n) is 0.824. The van der Waals surface area contributed by atoms with Crippen molar-refractivity contribution in [2.75, 3.05) is 11.6 Å². The molecular formula is C9H9Cl3S. The largest absolute Gasteiger partial charge is 0.127 e. The zero-order chi connectivity index (χ0) is 9.68. The third-order valence-corrected chi connectivity index (χ3v) is 3.51. The summed E-state index contributed by atoms with van der Waals surface area (Å²) in [6, 6.07) is 5.48. The van der Waals surface area contributed by atoms with Crippen LogP contribution in [0.1, 0.15) is 6.42 Å². The molecule has 0 spiro atoms. The SMILES string of the molecule is ClCCCSc1cc(Cl)ccc1Cl. The maximum atomic E-state index is 5.96. The first-order chi connectivity index (χ1) is 6.24. The normalized spacial score (nSPS) is 10.4. The molecular weight excluding hydrogens is 247 g/mol. The van der Waals surface area contributed by atoms with Crippen LogP contribution in [0.2, 0.25) is 10.0 Å². The van der Waals surface area contributed by atoms with Crippen LogP contribution in [0.15, 0.2) is 23.1 Å². The Morgan fingerprint density at radius 2 is 2.00 bits per heavy atom. The summed E-state index contributed by atoms with van der Waals surface area (Å²) in [6.45, 7) is 0. The molecule has 1 aromatic carbocycles. The molecule has 1 aromatic rings. The Bertz CT molecular complexity index is 276. The Balaban J connectivity index is 2.59. The van der Waals surface area contributed by atoms with E-state index in [4.69, 9.17) is 34.8 Å². The molecule has 0 aliphatic carbocycles.